The van der Waals surface area contributed by atoms with Gasteiger partial charge in [0.1, 0.15) is 0 Å². The summed E-state index contributed by atoms with van der Waals surface area (Å²) < 4.78 is 5.01. The zero-order valence-electron chi connectivity index (χ0n) is 5.35. The fraction of sp³-hybridized carbons (Fsp3) is 1.00. The second-order valence-corrected chi connectivity index (χ2v) is 2.59. The second-order valence-electron chi connectivity index (χ2n) is 2.59. The van der Waals surface area contributed by atoms with Crippen molar-refractivity contribution in [2.45, 2.75) is 26.1 Å². The van der Waals surface area contributed by atoms with Crippen molar-refractivity contribution in [1.82, 2.24) is 0 Å². The Bertz CT molecular complexity index is 88.5. The minimum Gasteiger partial charge on any atom is -0.365 e. The summed E-state index contributed by atoms with van der Waals surface area (Å²) in [6.45, 7) is 4.41. The van der Waals surface area contributed by atoms with Crippen molar-refractivity contribution in [3.8, 4) is 0 Å². The average molecular weight is 116 g/mol. The van der Waals surface area contributed by atoms with E-state index >= 15 is 0 Å². The van der Waals surface area contributed by atoms with Crippen LogP contribution in [0.5, 0.6) is 0 Å². The van der Waals surface area contributed by atoms with Crippen LogP contribution < -0.4 is 0 Å². The molecular weight excluding hydrogens is 104 g/mol. The zero-order valence-corrected chi connectivity index (χ0v) is 5.35. The molecule has 1 fully saturated rings. The first-order chi connectivity index (χ1) is 3.63. The van der Waals surface area contributed by atoms with Gasteiger partial charge in [-0.3, -0.25) is 0 Å². The van der Waals surface area contributed by atoms with Crippen molar-refractivity contribution >= 4 is 0 Å². The van der Waals surface area contributed by atoms with E-state index in [4.69, 9.17) is 4.74 Å². The van der Waals surface area contributed by atoms with Crippen molar-refractivity contribution in [2.75, 3.05) is 6.61 Å². The van der Waals surface area contributed by atoms with Gasteiger partial charge in [-0.05, 0) is 13.3 Å². The van der Waals surface area contributed by atoms with Gasteiger partial charge in [0.05, 0.1) is 6.61 Å². The summed E-state index contributed by atoms with van der Waals surface area (Å²) in [5.41, 5.74) is 0. The topological polar surface area (TPSA) is 29.5 Å². The number of rotatable bonds is 0. The van der Waals surface area contributed by atoms with Crippen LogP contribution in [-0.4, -0.2) is 17.5 Å². The Morgan fingerprint density at radius 3 is 2.50 bits per heavy atom. The van der Waals surface area contributed by atoms with E-state index < -0.39 is 5.79 Å². The molecule has 0 bridgehead atoms. The number of aliphatic hydroxyl groups is 1. The third-order valence-electron chi connectivity index (χ3n) is 1.86. The molecule has 0 aromatic rings. The van der Waals surface area contributed by atoms with Gasteiger partial charge in [-0.1, -0.05) is 6.92 Å². The highest BCUT2D eigenvalue weighted by molar-refractivity contribution is 4.74. The van der Waals surface area contributed by atoms with Crippen LogP contribution in [0.3, 0.4) is 0 Å². The first kappa shape index (κ1) is 6.05. The van der Waals surface area contributed by atoms with Gasteiger partial charge in [-0.15, -0.1) is 0 Å². The molecule has 2 nitrogen and oxygen atoms in total. The third kappa shape index (κ3) is 0.858. The molecule has 1 rings (SSSR count). The molecule has 0 saturated carbocycles. The van der Waals surface area contributed by atoms with Gasteiger partial charge in [-0.2, -0.15) is 0 Å². The fourth-order valence-electron chi connectivity index (χ4n) is 0.852. The van der Waals surface area contributed by atoms with Gasteiger partial charge in [0, 0.05) is 5.92 Å². The van der Waals surface area contributed by atoms with Crippen molar-refractivity contribution in [3.05, 3.63) is 0 Å². The summed E-state index contributed by atoms with van der Waals surface area (Å²) in [6, 6.07) is 0. The molecule has 1 heterocycles. The normalized spacial score (nSPS) is 47.6. The Labute approximate surface area is 49.5 Å². The predicted octanol–water partition coefficient (Wildman–Crippen LogP) is 0.751. The SMILES string of the molecule is CC1CCOC1(C)O. The quantitative estimate of drug-likeness (QED) is 0.506. The molecule has 0 amide bonds. The molecule has 0 radical (unpaired) electrons. The molecule has 1 aliphatic rings. The minimum absolute atomic E-state index is 0.294. The lowest BCUT2D eigenvalue weighted by molar-refractivity contribution is -0.176. The van der Waals surface area contributed by atoms with Crippen molar-refractivity contribution in [3.63, 3.8) is 0 Å². The van der Waals surface area contributed by atoms with Gasteiger partial charge in [0.2, 0.25) is 0 Å². The van der Waals surface area contributed by atoms with Crippen LogP contribution in [0.2, 0.25) is 0 Å². The Morgan fingerprint density at radius 1 is 1.75 bits per heavy atom. The third-order valence-corrected chi connectivity index (χ3v) is 1.86. The van der Waals surface area contributed by atoms with E-state index in [0.717, 1.165) is 6.42 Å². The van der Waals surface area contributed by atoms with Gasteiger partial charge in [-0.25, -0.2) is 0 Å². The summed E-state index contributed by atoms with van der Waals surface area (Å²) >= 11 is 0. The predicted molar refractivity (Wildman–Crippen MR) is 30.4 cm³/mol. The molecule has 0 aliphatic carbocycles. The summed E-state index contributed by atoms with van der Waals surface area (Å²) in [4.78, 5) is 0. The van der Waals surface area contributed by atoms with E-state index in [-0.39, 0.29) is 0 Å². The highest BCUT2D eigenvalue weighted by atomic mass is 16.6. The van der Waals surface area contributed by atoms with Crippen LogP contribution in [0, 0.1) is 5.92 Å². The van der Waals surface area contributed by atoms with Crippen LogP contribution in [0.15, 0.2) is 0 Å². The average Bonchev–Trinajstić information content (AvgIpc) is 1.86. The van der Waals surface area contributed by atoms with E-state index in [2.05, 4.69) is 0 Å². The van der Waals surface area contributed by atoms with Crippen LogP contribution in [0.25, 0.3) is 0 Å². The molecule has 1 aliphatic heterocycles. The molecule has 1 saturated heterocycles. The molecule has 0 aromatic carbocycles. The fourth-order valence-corrected chi connectivity index (χ4v) is 0.852. The molecule has 2 heteroatoms. The summed E-state index contributed by atoms with van der Waals surface area (Å²) in [5.74, 6) is -0.553. The maximum atomic E-state index is 9.24. The van der Waals surface area contributed by atoms with Gasteiger partial charge < -0.3 is 9.84 Å². The van der Waals surface area contributed by atoms with E-state index in [0.29, 0.717) is 12.5 Å². The number of ether oxygens (including phenoxy) is 1. The van der Waals surface area contributed by atoms with Crippen molar-refractivity contribution in [2.24, 2.45) is 5.92 Å². The van der Waals surface area contributed by atoms with E-state index in [9.17, 15) is 5.11 Å². The van der Waals surface area contributed by atoms with Crippen LogP contribution in [0.4, 0.5) is 0 Å². The summed E-state index contributed by atoms with van der Waals surface area (Å²) in [7, 11) is 0. The van der Waals surface area contributed by atoms with E-state index in [1.165, 1.54) is 0 Å². The molecule has 1 N–H and O–H groups in total. The van der Waals surface area contributed by atoms with Crippen LogP contribution >= 0.6 is 0 Å². The van der Waals surface area contributed by atoms with Crippen molar-refractivity contribution < 1.29 is 9.84 Å². The van der Waals surface area contributed by atoms with Gasteiger partial charge in [0.15, 0.2) is 5.79 Å². The van der Waals surface area contributed by atoms with E-state index in [1.54, 1.807) is 6.92 Å². The molecule has 2 unspecified atom stereocenters. The summed E-state index contributed by atoms with van der Waals surface area (Å²) in [5, 5.41) is 9.24. The molecule has 2 atom stereocenters. The maximum Gasteiger partial charge on any atom is 0.165 e. The maximum absolute atomic E-state index is 9.24. The first-order valence-corrected chi connectivity index (χ1v) is 2.99. The van der Waals surface area contributed by atoms with Crippen LogP contribution in [-0.2, 0) is 4.74 Å². The smallest absolute Gasteiger partial charge is 0.165 e. The standard InChI is InChI=1S/C6H12O2/c1-5-3-4-8-6(5,2)7/h5,7H,3-4H2,1-2H3. The number of hydrogen-bond donors (Lipinski definition) is 1. The largest absolute Gasteiger partial charge is 0.365 e. The van der Waals surface area contributed by atoms with Gasteiger partial charge in [0.25, 0.3) is 0 Å². The van der Waals surface area contributed by atoms with E-state index in [1.807, 2.05) is 6.92 Å². The lowest BCUT2D eigenvalue weighted by Gasteiger charge is -2.19. The Kier molecular flexibility index (Phi) is 1.29. The molecular formula is C6H12O2. The molecule has 8 heavy (non-hydrogen) atoms. The molecule has 48 valence electrons. The Hall–Kier alpha value is -0.0800. The Morgan fingerprint density at radius 2 is 2.38 bits per heavy atom. The highest BCUT2D eigenvalue weighted by Crippen LogP contribution is 2.27. The second kappa shape index (κ2) is 1.71. The lowest BCUT2D eigenvalue weighted by atomic mass is 10.0. The van der Waals surface area contributed by atoms with Crippen LogP contribution in [0.1, 0.15) is 20.3 Å². The minimum atomic E-state index is -0.847. The zero-order chi connectivity index (χ0) is 6.20. The number of hydrogen-bond acceptors (Lipinski definition) is 2. The Balaban J connectivity index is 2.54. The summed E-state index contributed by atoms with van der Waals surface area (Å²) in [6.07, 6.45) is 0.979. The monoisotopic (exact) mass is 116 g/mol. The highest BCUT2D eigenvalue weighted by Gasteiger charge is 2.34. The van der Waals surface area contributed by atoms with Crippen molar-refractivity contribution in [1.29, 1.82) is 0 Å². The molecule has 0 aromatic heterocycles. The molecule has 0 spiro atoms. The lowest BCUT2D eigenvalue weighted by Crippen LogP contribution is -2.28. The van der Waals surface area contributed by atoms with Gasteiger partial charge >= 0.3 is 0 Å². The first-order valence-electron chi connectivity index (χ1n) is 2.99.